The molecular weight excluding hydrogens is 338 g/mol. The van der Waals surface area contributed by atoms with Gasteiger partial charge >= 0.3 is 5.63 Å². The smallest absolute Gasteiger partial charge is 0.349 e. The molecule has 0 spiro atoms. The van der Waals surface area contributed by atoms with Gasteiger partial charge in [-0.25, -0.2) is 4.79 Å². The number of para-hydroxylation sites is 1. The van der Waals surface area contributed by atoms with Gasteiger partial charge in [-0.2, -0.15) is 0 Å². The third kappa shape index (κ3) is 3.65. The first kappa shape index (κ1) is 17.4. The lowest BCUT2D eigenvalue weighted by molar-refractivity contribution is 0.0562. The van der Waals surface area contributed by atoms with Crippen LogP contribution in [0.25, 0.3) is 11.0 Å². The summed E-state index contributed by atoms with van der Waals surface area (Å²) in [6.45, 7) is 2.09. The van der Waals surface area contributed by atoms with Crippen molar-refractivity contribution in [2.45, 2.75) is 25.9 Å². The van der Waals surface area contributed by atoms with Gasteiger partial charge in [0.15, 0.2) is 0 Å². The lowest BCUT2D eigenvalue weighted by Gasteiger charge is -2.29. The summed E-state index contributed by atoms with van der Waals surface area (Å²) in [5, 5.41) is 12.3. The Kier molecular flexibility index (Phi) is 5.31. The zero-order valence-electron chi connectivity index (χ0n) is 13.8. The highest BCUT2D eigenvalue weighted by Gasteiger charge is 2.26. The Labute approximate surface area is 149 Å². The van der Waals surface area contributed by atoms with E-state index < -0.39 is 11.5 Å². The average molecular weight is 357 g/mol. The maximum atomic E-state index is 13.1. The number of nitrogens with zero attached hydrogens (tertiary/aromatic N) is 1. The van der Waals surface area contributed by atoms with Crippen molar-refractivity contribution in [3.05, 3.63) is 68.7 Å². The van der Waals surface area contributed by atoms with Crippen LogP contribution < -0.4 is 5.63 Å². The molecule has 0 fully saturated rings. The summed E-state index contributed by atoms with van der Waals surface area (Å²) in [6.07, 6.45) is 0.590. The minimum Gasteiger partial charge on any atom is -0.422 e. The third-order valence-electron chi connectivity index (χ3n) is 4.16. The van der Waals surface area contributed by atoms with Gasteiger partial charge in [0.1, 0.15) is 11.1 Å². The van der Waals surface area contributed by atoms with Crippen molar-refractivity contribution >= 4 is 28.2 Å². The van der Waals surface area contributed by atoms with Crippen LogP contribution in [0.3, 0.4) is 0 Å². The highest BCUT2D eigenvalue weighted by Crippen LogP contribution is 2.19. The van der Waals surface area contributed by atoms with Gasteiger partial charge in [0, 0.05) is 10.3 Å². The molecule has 130 valence electrons. The molecule has 2 heterocycles. The van der Waals surface area contributed by atoms with Gasteiger partial charge in [-0.05, 0) is 30.0 Å². The van der Waals surface area contributed by atoms with E-state index in [-0.39, 0.29) is 18.2 Å². The molecule has 25 heavy (non-hydrogen) atoms. The second kappa shape index (κ2) is 7.63. The molecule has 3 aromatic rings. The number of aliphatic hydroxyl groups is 1. The number of rotatable bonds is 6. The van der Waals surface area contributed by atoms with Gasteiger partial charge in [0.2, 0.25) is 0 Å². The molecule has 5 nitrogen and oxygen atoms in total. The topological polar surface area (TPSA) is 70.8 Å². The predicted molar refractivity (Wildman–Crippen MR) is 97.8 cm³/mol. The van der Waals surface area contributed by atoms with E-state index in [1.807, 2.05) is 30.5 Å². The van der Waals surface area contributed by atoms with E-state index in [1.165, 1.54) is 11.3 Å². The van der Waals surface area contributed by atoms with Crippen LogP contribution in [0.1, 0.15) is 28.6 Å². The standard InChI is InChI=1S/C19H19NO4S/c1-2-14(12-21)20(11-15-7-5-9-25-15)18(22)16-10-13-6-3-4-8-17(13)24-19(16)23/h3-10,14,21H,2,11-12H2,1H3. The highest BCUT2D eigenvalue weighted by atomic mass is 32.1. The van der Waals surface area contributed by atoms with Crippen LogP contribution in [0.5, 0.6) is 0 Å². The minimum atomic E-state index is -0.660. The van der Waals surface area contributed by atoms with E-state index in [4.69, 9.17) is 4.42 Å². The van der Waals surface area contributed by atoms with E-state index in [0.29, 0.717) is 23.9 Å². The molecular formula is C19H19NO4S. The normalized spacial score (nSPS) is 12.2. The SMILES string of the molecule is CCC(CO)N(Cc1cccs1)C(=O)c1cc2ccccc2oc1=O. The van der Waals surface area contributed by atoms with Crippen molar-refractivity contribution in [2.75, 3.05) is 6.61 Å². The van der Waals surface area contributed by atoms with E-state index in [2.05, 4.69) is 0 Å². The largest absolute Gasteiger partial charge is 0.422 e. The van der Waals surface area contributed by atoms with Crippen molar-refractivity contribution in [3.8, 4) is 0 Å². The number of aliphatic hydroxyl groups excluding tert-OH is 1. The average Bonchev–Trinajstić information content (AvgIpc) is 3.14. The number of hydrogen-bond donors (Lipinski definition) is 1. The summed E-state index contributed by atoms with van der Waals surface area (Å²) in [4.78, 5) is 27.9. The number of carbonyl (C=O) groups is 1. The quantitative estimate of drug-likeness (QED) is 0.688. The fourth-order valence-corrected chi connectivity index (χ4v) is 3.45. The first-order valence-electron chi connectivity index (χ1n) is 8.11. The van der Waals surface area contributed by atoms with Crippen molar-refractivity contribution in [3.63, 3.8) is 0 Å². The molecule has 0 saturated carbocycles. The lowest BCUT2D eigenvalue weighted by atomic mass is 10.1. The van der Waals surface area contributed by atoms with Crippen LogP contribution in [0.2, 0.25) is 0 Å². The molecule has 1 aromatic carbocycles. The molecule has 6 heteroatoms. The Morgan fingerprint density at radius 3 is 2.76 bits per heavy atom. The first-order chi connectivity index (χ1) is 12.1. The first-order valence-corrected chi connectivity index (χ1v) is 8.99. The molecule has 1 atom stereocenters. The van der Waals surface area contributed by atoms with Crippen LogP contribution in [0.4, 0.5) is 0 Å². The second-order valence-electron chi connectivity index (χ2n) is 5.74. The summed E-state index contributed by atoms with van der Waals surface area (Å²) in [6, 6.07) is 12.1. The number of fused-ring (bicyclic) bond motifs is 1. The van der Waals surface area contributed by atoms with Crippen LogP contribution in [-0.4, -0.2) is 28.6 Å². The molecule has 1 unspecified atom stereocenters. The fraction of sp³-hybridized carbons (Fsp3) is 0.263. The molecule has 1 N–H and O–H groups in total. The summed E-state index contributed by atoms with van der Waals surface area (Å²) < 4.78 is 5.28. The predicted octanol–water partition coefficient (Wildman–Crippen LogP) is 3.27. The second-order valence-corrected chi connectivity index (χ2v) is 6.77. The van der Waals surface area contributed by atoms with Gasteiger partial charge in [0.05, 0.1) is 19.2 Å². The minimum absolute atomic E-state index is 0.0119. The molecule has 0 aliphatic carbocycles. The van der Waals surface area contributed by atoms with Crippen molar-refractivity contribution in [2.24, 2.45) is 0 Å². The molecule has 0 bridgehead atoms. The van der Waals surface area contributed by atoms with Crippen molar-refractivity contribution < 1.29 is 14.3 Å². The van der Waals surface area contributed by atoms with Crippen LogP contribution >= 0.6 is 11.3 Å². The molecule has 3 rings (SSSR count). The van der Waals surface area contributed by atoms with E-state index in [9.17, 15) is 14.7 Å². The highest BCUT2D eigenvalue weighted by molar-refractivity contribution is 7.09. The fourth-order valence-electron chi connectivity index (χ4n) is 2.75. The molecule has 1 amide bonds. The summed E-state index contributed by atoms with van der Waals surface area (Å²) in [5.74, 6) is -0.422. The molecule has 0 aliphatic heterocycles. The van der Waals surface area contributed by atoms with Gasteiger partial charge < -0.3 is 14.4 Å². The Morgan fingerprint density at radius 1 is 1.28 bits per heavy atom. The Bertz CT molecular complexity index is 913. The number of benzene rings is 1. The third-order valence-corrected chi connectivity index (χ3v) is 5.02. The van der Waals surface area contributed by atoms with E-state index >= 15 is 0 Å². The number of hydrogen-bond acceptors (Lipinski definition) is 5. The summed E-state index contributed by atoms with van der Waals surface area (Å²) >= 11 is 1.53. The van der Waals surface area contributed by atoms with E-state index in [1.54, 1.807) is 29.2 Å². The van der Waals surface area contributed by atoms with Crippen LogP contribution in [0, 0.1) is 0 Å². The van der Waals surface area contributed by atoms with Gasteiger partial charge in [-0.3, -0.25) is 4.79 Å². The Morgan fingerprint density at radius 2 is 2.08 bits per heavy atom. The monoisotopic (exact) mass is 357 g/mol. The molecule has 0 aliphatic rings. The Hall–Kier alpha value is -2.44. The number of amides is 1. The van der Waals surface area contributed by atoms with Crippen molar-refractivity contribution in [1.82, 2.24) is 4.90 Å². The number of carbonyl (C=O) groups excluding carboxylic acids is 1. The lowest BCUT2D eigenvalue weighted by Crippen LogP contribution is -2.43. The van der Waals surface area contributed by atoms with Crippen LogP contribution in [-0.2, 0) is 6.54 Å². The summed E-state index contributed by atoms with van der Waals surface area (Å²) in [5.41, 5.74) is -0.224. The maximum absolute atomic E-state index is 13.1. The van der Waals surface area contributed by atoms with Crippen molar-refractivity contribution in [1.29, 1.82) is 0 Å². The zero-order chi connectivity index (χ0) is 17.8. The van der Waals surface area contributed by atoms with Gasteiger partial charge in [0.25, 0.3) is 5.91 Å². The van der Waals surface area contributed by atoms with Gasteiger partial charge in [-0.1, -0.05) is 31.2 Å². The maximum Gasteiger partial charge on any atom is 0.349 e. The van der Waals surface area contributed by atoms with Gasteiger partial charge in [-0.15, -0.1) is 11.3 Å². The zero-order valence-corrected chi connectivity index (χ0v) is 14.7. The van der Waals surface area contributed by atoms with Crippen LogP contribution in [0.15, 0.2) is 57.1 Å². The Balaban J connectivity index is 2.01. The summed E-state index contributed by atoms with van der Waals surface area (Å²) in [7, 11) is 0. The molecule has 0 saturated heterocycles. The number of thiophene rings is 1. The molecule has 2 aromatic heterocycles. The van der Waals surface area contributed by atoms with E-state index in [0.717, 1.165) is 4.88 Å². The molecule has 0 radical (unpaired) electrons.